The van der Waals surface area contributed by atoms with Crippen LogP contribution < -0.4 is 16.4 Å². The Morgan fingerprint density at radius 3 is 2.27 bits per heavy atom. The third-order valence-corrected chi connectivity index (χ3v) is 4.29. The van der Waals surface area contributed by atoms with Gasteiger partial charge in [0, 0.05) is 17.8 Å². The highest BCUT2D eigenvalue weighted by molar-refractivity contribution is 5.99. The molecule has 0 unspecified atom stereocenters. The number of carbonyl (C=O) groups is 2. The number of rotatable bonds is 8. The third-order valence-electron chi connectivity index (χ3n) is 4.29. The number of benzene rings is 2. The standard InChI is InChI=1S/C22H24F3N3O2/c1-15(26)21(30)28-19(10-7-16-5-3-2-4-6-16)13-14-20(29)27-18-11-8-17(9-12-18)22(23,24)25/h2-6,8-9,11-15,19H,7,10,26H2,1H3,(H,27,29)(H,28,30)/t15-,19-/m0/s1. The van der Waals surface area contributed by atoms with Crippen LogP contribution in [0.4, 0.5) is 18.9 Å². The molecule has 4 N–H and O–H groups in total. The number of anilines is 1. The summed E-state index contributed by atoms with van der Waals surface area (Å²) < 4.78 is 37.8. The van der Waals surface area contributed by atoms with E-state index in [9.17, 15) is 22.8 Å². The van der Waals surface area contributed by atoms with Gasteiger partial charge in [-0.2, -0.15) is 13.2 Å². The van der Waals surface area contributed by atoms with Crippen LogP contribution in [-0.4, -0.2) is 23.9 Å². The topological polar surface area (TPSA) is 84.2 Å². The molecule has 0 aliphatic rings. The summed E-state index contributed by atoms with van der Waals surface area (Å²) in [5, 5.41) is 5.27. The number of alkyl halides is 3. The van der Waals surface area contributed by atoms with Crippen molar-refractivity contribution in [2.75, 3.05) is 5.32 Å². The van der Waals surface area contributed by atoms with Gasteiger partial charge in [-0.15, -0.1) is 0 Å². The van der Waals surface area contributed by atoms with Gasteiger partial charge in [0.25, 0.3) is 0 Å². The highest BCUT2D eigenvalue weighted by Gasteiger charge is 2.29. The second-order valence-corrected chi connectivity index (χ2v) is 6.85. The van der Waals surface area contributed by atoms with Crippen molar-refractivity contribution < 1.29 is 22.8 Å². The minimum Gasteiger partial charge on any atom is -0.349 e. The number of aryl methyl sites for hydroxylation is 1. The summed E-state index contributed by atoms with van der Waals surface area (Å²) in [6, 6.07) is 12.7. The molecule has 5 nitrogen and oxygen atoms in total. The van der Waals surface area contributed by atoms with Crippen LogP contribution >= 0.6 is 0 Å². The Labute approximate surface area is 173 Å². The molecule has 0 fully saturated rings. The number of nitrogens with one attached hydrogen (secondary N) is 2. The van der Waals surface area contributed by atoms with E-state index in [1.165, 1.54) is 18.2 Å². The third kappa shape index (κ3) is 7.71. The van der Waals surface area contributed by atoms with E-state index in [-0.39, 0.29) is 11.6 Å². The Morgan fingerprint density at radius 1 is 1.07 bits per heavy atom. The maximum absolute atomic E-state index is 12.6. The molecule has 30 heavy (non-hydrogen) atoms. The van der Waals surface area contributed by atoms with Crippen LogP contribution in [0.1, 0.15) is 24.5 Å². The molecule has 8 heteroatoms. The molecule has 0 aromatic heterocycles. The Balaban J connectivity index is 1.99. The van der Waals surface area contributed by atoms with Gasteiger partial charge >= 0.3 is 6.18 Å². The van der Waals surface area contributed by atoms with Crippen molar-refractivity contribution in [1.29, 1.82) is 0 Å². The lowest BCUT2D eigenvalue weighted by Gasteiger charge is -2.17. The molecule has 2 amide bonds. The average Bonchev–Trinajstić information content (AvgIpc) is 2.70. The zero-order valence-corrected chi connectivity index (χ0v) is 16.4. The predicted molar refractivity (Wildman–Crippen MR) is 110 cm³/mol. The number of halogens is 3. The number of amides is 2. The van der Waals surface area contributed by atoms with Crippen molar-refractivity contribution in [3.8, 4) is 0 Å². The molecular weight excluding hydrogens is 395 g/mol. The molecule has 0 radical (unpaired) electrons. The fourth-order valence-electron chi connectivity index (χ4n) is 2.63. The van der Waals surface area contributed by atoms with Gasteiger partial charge in [0.15, 0.2) is 0 Å². The Bertz CT molecular complexity index is 863. The smallest absolute Gasteiger partial charge is 0.349 e. The van der Waals surface area contributed by atoms with E-state index in [2.05, 4.69) is 10.6 Å². The summed E-state index contributed by atoms with van der Waals surface area (Å²) in [7, 11) is 0. The zero-order chi connectivity index (χ0) is 22.1. The minimum absolute atomic E-state index is 0.234. The quantitative estimate of drug-likeness (QED) is 0.571. The average molecular weight is 419 g/mol. The predicted octanol–water partition coefficient (Wildman–Crippen LogP) is 3.66. The van der Waals surface area contributed by atoms with Gasteiger partial charge < -0.3 is 16.4 Å². The summed E-state index contributed by atoms with van der Waals surface area (Å²) in [5.41, 5.74) is 6.12. The number of hydrogen-bond donors (Lipinski definition) is 3. The van der Waals surface area contributed by atoms with E-state index in [1.54, 1.807) is 13.0 Å². The maximum atomic E-state index is 12.6. The van der Waals surface area contributed by atoms with Crippen molar-refractivity contribution >= 4 is 17.5 Å². The van der Waals surface area contributed by atoms with Crippen LogP contribution in [0.15, 0.2) is 66.7 Å². The van der Waals surface area contributed by atoms with E-state index >= 15 is 0 Å². The fraction of sp³-hybridized carbons (Fsp3) is 0.273. The van der Waals surface area contributed by atoms with Crippen LogP contribution in [0.5, 0.6) is 0 Å². The molecule has 0 aliphatic heterocycles. The van der Waals surface area contributed by atoms with Crippen molar-refractivity contribution in [2.24, 2.45) is 5.73 Å². The van der Waals surface area contributed by atoms with Crippen molar-refractivity contribution in [3.63, 3.8) is 0 Å². The van der Waals surface area contributed by atoms with Crippen molar-refractivity contribution in [3.05, 3.63) is 77.9 Å². The van der Waals surface area contributed by atoms with Gasteiger partial charge in [-0.05, 0) is 49.6 Å². The van der Waals surface area contributed by atoms with Gasteiger partial charge in [0.2, 0.25) is 11.8 Å². The van der Waals surface area contributed by atoms with Crippen LogP contribution in [-0.2, 0) is 22.2 Å². The van der Waals surface area contributed by atoms with Gasteiger partial charge in [0.1, 0.15) is 0 Å². The molecule has 160 valence electrons. The number of carbonyl (C=O) groups excluding carboxylic acids is 2. The molecule has 0 saturated carbocycles. The molecule has 2 aromatic carbocycles. The lowest BCUT2D eigenvalue weighted by atomic mass is 10.0. The SMILES string of the molecule is C[C@H](N)C(=O)N[C@H](C=CC(=O)Nc1ccc(C(F)(F)F)cc1)CCc1ccccc1. The van der Waals surface area contributed by atoms with E-state index in [1.807, 2.05) is 30.3 Å². The molecular formula is C22H24F3N3O2. The van der Waals surface area contributed by atoms with Crippen LogP contribution in [0.3, 0.4) is 0 Å². The Morgan fingerprint density at radius 2 is 1.70 bits per heavy atom. The maximum Gasteiger partial charge on any atom is 0.416 e. The van der Waals surface area contributed by atoms with Crippen LogP contribution in [0, 0.1) is 0 Å². The first-order valence-corrected chi connectivity index (χ1v) is 9.41. The normalized spacial score (nSPS) is 13.6. The molecule has 0 heterocycles. The first kappa shape index (κ1) is 23.2. The number of hydrogen-bond acceptors (Lipinski definition) is 3. The highest BCUT2D eigenvalue weighted by atomic mass is 19.4. The molecule has 2 aromatic rings. The van der Waals surface area contributed by atoms with Crippen molar-refractivity contribution in [1.82, 2.24) is 5.32 Å². The molecule has 0 aliphatic carbocycles. The molecule has 0 bridgehead atoms. The minimum atomic E-state index is -4.44. The monoisotopic (exact) mass is 419 g/mol. The summed E-state index contributed by atoms with van der Waals surface area (Å²) in [5.74, 6) is -0.865. The molecule has 2 rings (SSSR count). The Hall–Kier alpha value is -3.13. The van der Waals surface area contributed by atoms with E-state index in [0.717, 1.165) is 17.7 Å². The van der Waals surface area contributed by atoms with Gasteiger partial charge in [-0.1, -0.05) is 36.4 Å². The van der Waals surface area contributed by atoms with E-state index in [4.69, 9.17) is 5.73 Å². The Kier molecular flexibility index (Phi) is 8.17. The zero-order valence-electron chi connectivity index (χ0n) is 16.4. The van der Waals surface area contributed by atoms with Crippen molar-refractivity contribution in [2.45, 2.75) is 38.0 Å². The summed E-state index contributed by atoms with van der Waals surface area (Å²) in [4.78, 5) is 24.1. The summed E-state index contributed by atoms with van der Waals surface area (Å²) >= 11 is 0. The van der Waals surface area contributed by atoms with E-state index in [0.29, 0.717) is 12.8 Å². The van der Waals surface area contributed by atoms with Gasteiger partial charge in [-0.25, -0.2) is 0 Å². The summed E-state index contributed by atoms with van der Waals surface area (Å²) in [6.07, 6.45) is -0.424. The summed E-state index contributed by atoms with van der Waals surface area (Å²) in [6.45, 7) is 1.56. The molecule has 2 atom stereocenters. The highest BCUT2D eigenvalue weighted by Crippen LogP contribution is 2.29. The second-order valence-electron chi connectivity index (χ2n) is 6.85. The van der Waals surface area contributed by atoms with Crippen LogP contribution in [0.2, 0.25) is 0 Å². The van der Waals surface area contributed by atoms with Crippen LogP contribution in [0.25, 0.3) is 0 Å². The fourth-order valence-corrected chi connectivity index (χ4v) is 2.63. The van der Waals surface area contributed by atoms with Gasteiger partial charge in [0.05, 0.1) is 11.6 Å². The van der Waals surface area contributed by atoms with Gasteiger partial charge in [-0.3, -0.25) is 9.59 Å². The first-order valence-electron chi connectivity index (χ1n) is 9.41. The largest absolute Gasteiger partial charge is 0.416 e. The second kappa shape index (κ2) is 10.6. The van der Waals surface area contributed by atoms with E-state index < -0.39 is 29.7 Å². The number of nitrogens with two attached hydrogens (primary N) is 1. The molecule has 0 spiro atoms. The first-order chi connectivity index (χ1) is 14.1. The molecule has 0 saturated heterocycles. The lowest BCUT2D eigenvalue weighted by molar-refractivity contribution is -0.137. The lowest BCUT2D eigenvalue weighted by Crippen LogP contribution is -2.43.